The van der Waals surface area contributed by atoms with E-state index >= 15 is 0 Å². The van der Waals surface area contributed by atoms with Crippen LogP contribution in [0.2, 0.25) is 0 Å². The van der Waals surface area contributed by atoms with E-state index in [1.807, 2.05) is 11.8 Å². The number of hydrogen-bond acceptors (Lipinski definition) is 2. The SMILES string of the molecule is Cc1ccc(Sc2ccccc2N2CCCCC2)cc1. The molecule has 1 aliphatic rings. The van der Waals surface area contributed by atoms with Crippen molar-refractivity contribution in [2.75, 3.05) is 18.0 Å². The Balaban J connectivity index is 1.83. The Bertz CT molecular complexity index is 556. The summed E-state index contributed by atoms with van der Waals surface area (Å²) in [5.74, 6) is 0. The molecule has 0 bridgehead atoms. The summed E-state index contributed by atoms with van der Waals surface area (Å²) in [6.07, 6.45) is 4.02. The van der Waals surface area contributed by atoms with Crippen molar-refractivity contribution < 1.29 is 0 Å². The van der Waals surface area contributed by atoms with Crippen molar-refractivity contribution in [3.05, 3.63) is 54.1 Å². The highest BCUT2D eigenvalue weighted by Crippen LogP contribution is 2.36. The van der Waals surface area contributed by atoms with Gasteiger partial charge in [-0.2, -0.15) is 0 Å². The van der Waals surface area contributed by atoms with E-state index in [-0.39, 0.29) is 0 Å². The average Bonchev–Trinajstić information content (AvgIpc) is 2.51. The molecule has 0 spiro atoms. The largest absolute Gasteiger partial charge is 0.371 e. The Kier molecular flexibility index (Phi) is 4.31. The highest BCUT2D eigenvalue weighted by molar-refractivity contribution is 7.99. The molecule has 0 saturated carbocycles. The molecular formula is C18H21NS. The van der Waals surface area contributed by atoms with E-state index in [2.05, 4.69) is 60.4 Å². The highest BCUT2D eigenvalue weighted by atomic mass is 32.2. The number of hydrogen-bond donors (Lipinski definition) is 0. The molecule has 0 aromatic heterocycles. The Morgan fingerprint density at radius 1 is 0.850 bits per heavy atom. The molecule has 0 radical (unpaired) electrons. The van der Waals surface area contributed by atoms with Gasteiger partial charge in [-0.1, -0.05) is 41.6 Å². The van der Waals surface area contributed by atoms with E-state index in [0.717, 1.165) is 0 Å². The first-order valence-corrected chi connectivity index (χ1v) is 8.23. The second-order valence-electron chi connectivity index (χ2n) is 5.43. The van der Waals surface area contributed by atoms with E-state index in [1.165, 1.54) is 53.4 Å². The van der Waals surface area contributed by atoms with Crippen LogP contribution in [0.4, 0.5) is 5.69 Å². The molecule has 1 fully saturated rings. The fraction of sp³-hybridized carbons (Fsp3) is 0.333. The third kappa shape index (κ3) is 3.18. The highest BCUT2D eigenvalue weighted by Gasteiger charge is 2.14. The summed E-state index contributed by atoms with van der Waals surface area (Å²) < 4.78 is 0. The molecule has 1 nitrogen and oxygen atoms in total. The maximum Gasteiger partial charge on any atom is 0.0508 e. The van der Waals surface area contributed by atoms with E-state index in [0.29, 0.717) is 0 Å². The molecule has 1 heterocycles. The van der Waals surface area contributed by atoms with Gasteiger partial charge >= 0.3 is 0 Å². The molecule has 104 valence electrons. The zero-order chi connectivity index (χ0) is 13.8. The number of anilines is 1. The molecule has 2 aromatic rings. The van der Waals surface area contributed by atoms with Gasteiger partial charge in [0.1, 0.15) is 0 Å². The zero-order valence-corrected chi connectivity index (χ0v) is 12.8. The van der Waals surface area contributed by atoms with Crippen LogP contribution >= 0.6 is 11.8 Å². The molecule has 0 aliphatic carbocycles. The number of rotatable bonds is 3. The Labute approximate surface area is 126 Å². The van der Waals surface area contributed by atoms with Gasteiger partial charge in [-0.05, 0) is 50.5 Å². The summed E-state index contributed by atoms with van der Waals surface area (Å²) in [6.45, 7) is 4.53. The van der Waals surface area contributed by atoms with Crippen molar-refractivity contribution in [1.82, 2.24) is 0 Å². The number of para-hydroxylation sites is 1. The van der Waals surface area contributed by atoms with Crippen LogP contribution in [0, 0.1) is 6.92 Å². The summed E-state index contributed by atoms with van der Waals surface area (Å²) in [5, 5.41) is 0. The van der Waals surface area contributed by atoms with Gasteiger partial charge in [0.05, 0.1) is 5.69 Å². The minimum Gasteiger partial charge on any atom is -0.371 e. The van der Waals surface area contributed by atoms with Gasteiger partial charge in [0.25, 0.3) is 0 Å². The number of nitrogens with zero attached hydrogens (tertiary/aromatic N) is 1. The molecule has 1 saturated heterocycles. The standard InChI is InChI=1S/C18H21NS/c1-15-9-11-16(12-10-15)20-18-8-4-3-7-17(18)19-13-5-2-6-14-19/h3-4,7-12H,2,5-6,13-14H2,1H3. The fourth-order valence-electron chi connectivity index (χ4n) is 2.67. The van der Waals surface area contributed by atoms with Gasteiger partial charge in [0, 0.05) is 22.9 Å². The molecule has 0 N–H and O–H groups in total. The van der Waals surface area contributed by atoms with Gasteiger partial charge in [-0.3, -0.25) is 0 Å². The molecule has 0 atom stereocenters. The molecule has 2 heteroatoms. The average molecular weight is 283 g/mol. The zero-order valence-electron chi connectivity index (χ0n) is 12.0. The lowest BCUT2D eigenvalue weighted by molar-refractivity contribution is 0.575. The lowest BCUT2D eigenvalue weighted by Gasteiger charge is -2.30. The van der Waals surface area contributed by atoms with Crippen LogP contribution < -0.4 is 4.90 Å². The first-order valence-electron chi connectivity index (χ1n) is 7.41. The smallest absolute Gasteiger partial charge is 0.0508 e. The van der Waals surface area contributed by atoms with Gasteiger partial charge in [0.15, 0.2) is 0 Å². The third-order valence-corrected chi connectivity index (χ3v) is 4.88. The van der Waals surface area contributed by atoms with Crippen molar-refractivity contribution in [1.29, 1.82) is 0 Å². The molecular weight excluding hydrogens is 262 g/mol. The summed E-state index contributed by atoms with van der Waals surface area (Å²) >= 11 is 1.87. The van der Waals surface area contributed by atoms with Gasteiger partial charge < -0.3 is 4.90 Å². The summed E-state index contributed by atoms with van der Waals surface area (Å²) in [5.41, 5.74) is 2.72. The van der Waals surface area contributed by atoms with Crippen LogP contribution in [0.3, 0.4) is 0 Å². The minimum atomic E-state index is 1.20. The van der Waals surface area contributed by atoms with Crippen LogP contribution in [0.1, 0.15) is 24.8 Å². The molecule has 20 heavy (non-hydrogen) atoms. The lowest BCUT2D eigenvalue weighted by Crippen LogP contribution is -2.29. The van der Waals surface area contributed by atoms with Crippen molar-refractivity contribution in [3.8, 4) is 0 Å². The van der Waals surface area contributed by atoms with Crippen LogP contribution in [-0.2, 0) is 0 Å². The number of benzene rings is 2. The first-order chi connectivity index (χ1) is 9.83. The maximum atomic E-state index is 2.54. The van der Waals surface area contributed by atoms with E-state index in [4.69, 9.17) is 0 Å². The van der Waals surface area contributed by atoms with Crippen molar-refractivity contribution >= 4 is 17.4 Å². The predicted molar refractivity (Wildman–Crippen MR) is 87.8 cm³/mol. The predicted octanol–water partition coefficient (Wildman–Crippen LogP) is 5.14. The molecule has 0 unspecified atom stereocenters. The Morgan fingerprint density at radius 3 is 2.30 bits per heavy atom. The second-order valence-corrected chi connectivity index (χ2v) is 6.55. The minimum absolute atomic E-state index is 1.20. The normalized spacial score (nSPS) is 15.3. The fourth-order valence-corrected chi connectivity index (χ4v) is 3.65. The third-order valence-electron chi connectivity index (χ3n) is 3.81. The monoisotopic (exact) mass is 283 g/mol. The van der Waals surface area contributed by atoms with Crippen LogP contribution in [0.25, 0.3) is 0 Å². The Morgan fingerprint density at radius 2 is 1.55 bits per heavy atom. The number of aryl methyl sites for hydroxylation is 1. The van der Waals surface area contributed by atoms with Crippen LogP contribution in [0.15, 0.2) is 58.3 Å². The van der Waals surface area contributed by atoms with Gasteiger partial charge in [-0.25, -0.2) is 0 Å². The summed E-state index contributed by atoms with van der Waals surface area (Å²) in [7, 11) is 0. The molecule has 3 rings (SSSR count). The van der Waals surface area contributed by atoms with Crippen molar-refractivity contribution in [2.24, 2.45) is 0 Å². The van der Waals surface area contributed by atoms with E-state index < -0.39 is 0 Å². The number of piperidine rings is 1. The quantitative estimate of drug-likeness (QED) is 0.767. The van der Waals surface area contributed by atoms with Gasteiger partial charge in [0.2, 0.25) is 0 Å². The van der Waals surface area contributed by atoms with Crippen LogP contribution in [-0.4, -0.2) is 13.1 Å². The van der Waals surface area contributed by atoms with Crippen molar-refractivity contribution in [3.63, 3.8) is 0 Å². The van der Waals surface area contributed by atoms with E-state index in [9.17, 15) is 0 Å². The Hall–Kier alpha value is -1.41. The van der Waals surface area contributed by atoms with Crippen molar-refractivity contribution in [2.45, 2.75) is 36.0 Å². The molecule has 2 aromatic carbocycles. The molecule has 1 aliphatic heterocycles. The molecule has 0 amide bonds. The first kappa shape index (κ1) is 13.6. The van der Waals surface area contributed by atoms with E-state index in [1.54, 1.807) is 0 Å². The maximum absolute atomic E-state index is 2.54. The second kappa shape index (κ2) is 6.36. The summed E-state index contributed by atoms with van der Waals surface area (Å²) in [6, 6.07) is 17.6. The van der Waals surface area contributed by atoms with Gasteiger partial charge in [-0.15, -0.1) is 0 Å². The topological polar surface area (TPSA) is 3.24 Å². The summed E-state index contributed by atoms with van der Waals surface area (Å²) in [4.78, 5) is 5.23. The van der Waals surface area contributed by atoms with Crippen LogP contribution in [0.5, 0.6) is 0 Å². The lowest BCUT2D eigenvalue weighted by atomic mass is 10.1.